The van der Waals surface area contributed by atoms with Crippen molar-refractivity contribution in [3.8, 4) is 0 Å². The zero-order valence-electron chi connectivity index (χ0n) is 10.7. The highest BCUT2D eigenvalue weighted by molar-refractivity contribution is 8.02. The van der Waals surface area contributed by atoms with Crippen LogP contribution in [-0.4, -0.2) is 44.4 Å². The Morgan fingerprint density at radius 3 is 2.22 bits per heavy atom. The lowest BCUT2D eigenvalue weighted by Gasteiger charge is -2.26. The van der Waals surface area contributed by atoms with Crippen molar-refractivity contribution in [1.29, 1.82) is 0 Å². The Balaban J connectivity index is 3.29. The topological polar surface area (TPSA) is 55.8 Å². The third kappa shape index (κ3) is 2.76. The number of hydrogen-bond acceptors (Lipinski definition) is 6. The molecule has 0 radical (unpaired) electrons. The molecule has 1 rings (SSSR count). The SMILES string of the molecule is COC(=O)C(C(=O)OC)=C1C=CC=C(SC)N1C. The van der Waals surface area contributed by atoms with Crippen LogP contribution in [0.4, 0.5) is 0 Å². The summed E-state index contributed by atoms with van der Waals surface area (Å²) in [6.07, 6.45) is 7.24. The van der Waals surface area contributed by atoms with Gasteiger partial charge in [0.25, 0.3) is 0 Å². The summed E-state index contributed by atoms with van der Waals surface area (Å²) in [7, 11) is 4.22. The van der Waals surface area contributed by atoms with E-state index in [1.807, 2.05) is 12.3 Å². The Morgan fingerprint density at radius 2 is 1.78 bits per heavy atom. The summed E-state index contributed by atoms with van der Waals surface area (Å²) in [5.41, 5.74) is 0.346. The van der Waals surface area contributed by atoms with Crippen molar-refractivity contribution in [2.45, 2.75) is 0 Å². The van der Waals surface area contributed by atoms with E-state index in [1.165, 1.54) is 26.0 Å². The van der Waals surface area contributed by atoms with Crippen LogP contribution in [0, 0.1) is 0 Å². The van der Waals surface area contributed by atoms with Gasteiger partial charge in [-0.1, -0.05) is 6.08 Å². The van der Waals surface area contributed by atoms with E-state index in [0.29, 0.717) is 5.70 Å². The highest BCUT2D eigenvalue weighted by Gasteiger charge is 2.27. The van der Waals surface area contributed by atoms with E-state index in [0.717, 1.165) is 5.03 Å². The summed E-state index contributed by atoms with van der Waals surface area (Å²) in [5.74, 6) is -1.42. The molecule has 0 amide bonds. The first-order chi connectivity index (χ1) is 8.56. The van der Waals surface area contributed by atoms with Gasteiger partial charge in [-0.3, -0.25) is 0 Å². The van der Waals surface area contributed by atoms with Crippen LogP contribution in [0.25, 0.3) is 0 Å². The predicted molar refractivity (Wildman–Crippen MR) is 69.6 cm³/mol. The molecule has 5 nitrogen and oxygen atoms in total. The number of carbonyl (C=O) groups excluding carboxylic acids is 2. The van der Waals surface area contributed by atoms with E-state index in [4.69, 9.17) is 0 Å². The molecule has 0 spiro atoms. The molecule has 0 aromatic heterocycles. The molecule has 0 bridgehead atoms. The molecule has 1 heterocycles. The molecule has 0 aromatic carbocycles. The fourth-order valence-corrected chi connectivity index (χ4v) is 2.10. The van der Waals surface area contributed by atoms with E-state index < -0.39 is 11.9 Å². The highest BCUT2D eigenvalue weighted by atomic mass is 32.2. The van der Waals surface area contributed by atoms with Gasteiger partial charge in [-0.2, -0.15) is 0 Å². The van der Waals surface area contributed by atoms with E-state index in [1.54, 1.807) is 24.1 Å². The standard InChI is InChI=1S/C12H15NO4S/c1-13-8(6-5-7-9(13)18-4)10(11(14)16-2)12(15)17-3/h5-7H,1-4H3. The van der Waals surface area contributed by atoms with Gasteiger partial charge in [0, 0.05) is 7.05 Å². The molecule has 98 valence electrons. The molecule has 1 aliphatic heterocycles. The third-order valence-electron chi connectivity index (χ3n) is 2.43. The van der Waals surface area contributed by atoms with Crippen molar-refractivity contribution < 1.29 is 19.1 Å². The second-order valence-electron chi connectivity index (χ2n) is 3.37. The van der Waals surface area contributed by atoms with Gasteiger partial charge in [0.1, 0.15) is 0 Å². The van der Waals surface area contributed by atoms with Crippen LogP contribution in [0.15, 0.2) is 34.5 Å². The van der Waals surface area contributed by atoms with Crippen LogP contribution < -0.4 is 0 Å². The molecule has 0 unspecified atom stereocenters. The highest BCUT2D eigenvalue weighted by Crippen LogP contribution is 2.27. The van der Waals surface area contributed by atoms with Gasteiger partial charge in [-0.05, 0) is 18.4 Å². The number of methoxy groups -OCH3 is 2. The Bertz CT molecular complexity index is 433. The maximum absolute atomic E-state index is 11.7. The molecule has 6 heteroatoms. The number of rotatable bonds is 3. The Hall–Kier alpha value is -1.69. The number of hydrogen-bond donors (Lipinski definition) is 0. The van der Waals surface area contributed by atoms with Crippen molar-refractivity contribution in [3.05, 3.63) is 34.5 Å². The average molecular weight is 269 g/mol. The molecular formula is C12H15NO4S. The summed E-state index contributed by atoms with van der Waals surface area (Å²) in [6, 6.07) is 0. The lowest BCUT2D eigenvalue weighted by Crippen LogP contribution is -2.25. The van der Waals surface area contributed by atoms with Crippen molar-refractivity contribution in [3.63, 3.8) is 0 Å². The molecule has 0 saturated heterocycles. The summed E-state index contributed by atoms with van der Waals surface area (Å²) in [6.45, 7) is 0. The van der Waals surface area contributed by atoms with Crippen molar-refractivity contribution in [2.75, 3.05) is 27.5 Å². The molecule has 0 aliphatic carbocycles. The first-order valence-corrected chi connectivity index (χ1v) is 6.36. The Labute approximate surface area is 110 Å². The number of carbonyl (C=O) groups is 2. The molecule has 0 N–H and O–H groups in total. The van der Waals surface area contributed by atoms with Gasteiger partial charge < -0.3 is 14.4 Å². The van der Waals surface area contributed by atoms with E-state index >= 15 is 0 Å². The van der Waals surface area contributed by atoms with Crippen LogP contribution in [0.3, 0.4) is 0 Å². The van der Waals surface area contributed by atoms with E-state index in [-0.39, 0.29) is 5.57 Å². The van der Waals surface area contributed by atoms with Gasteiger partial charge in [-0.15, -0.1) is 11.8 Å². The average Bonchev–Trinajstić information content (AvgIpc) is 2.40. The van der Waals surface area contributed by atoms with Crippen molar-refractivity contribution in [1.82, 2.24) is 4.90 Å². The van der Waals surface area contributed by atoms with Crippen molar-refractivity contribution in [2.24, 2.45) is 0 Å². The fraction of sp³-hybridized carbons (Fsp3) is 0.333. The van der Waals surface area contributed by atoms with Crippen LogP contribution in [0.2, 0.25) is 0 Å². The lowest BCUT2D eigenvalue weighted by molar-refractivity contribution is -0.144. The third-order valence-corrected chi connectivity index (χ3v) is 3.26. The summed E-state index contributed by atoms with van der Waals surface area (Å²) in [5, 5.41) is 0.915. The summed E-state index contributed by atoms with van der Waals surface area (Å²) < 4.78 is 9.24. The first-order valence-electron chi connectivity index (χ1n) is 5.13. The minimum Gasteiger partial charge on any atom is -0.465 e. The Morgan fingerprint density at radius 1 is 1.22 bits per heavy atom. The largest absolute Gasteiger partial charge is 0.465 e. The Kier molecular flexibility index (Phi) is 5.03. The van der Waals surface area contributed by atoms with Gasteiger partial charge in [0.05, 0.1) is 24.9 Å². The summed E-state index contributed by atoms with van der Waals surface area (Å²) >= 11 is 1.51. The molecule has 1 aliphatic rings. The number of thioether (sulfide) groups is 1. The van der Waals surface area contributed by atoms with E-state index in [9.17, 15) is 9.59 Å². The van der Waals surface area contributed by atoms with Gasteiger partial charge in [0.2, 0.25) is 0 Å². The van der Waals surface area contributed by atoms with Crippen LogP contribution in [0.1, 0.15) is 0 Å². The van der Waals surface area contributed by atoms with Crippen LogP contribution in [0.5, 0.6) is 0 Å². The van der Waals surface area contributed by atoms with E-state index in [2.05, 4.69) is 9.47 Å². The van der Waals surface area contributed by atoms with Gasteiger partial charge in [-0.25, -0.2) is 9.59 Å². The quantitative estimate of drug-likeness (QED) is 0.333. The minimum atomic E-state index is -0.712. The normalized spacial score (nSPS) is 14.1. The van der Waals surface area contributed by atoms with Crippen LogP contribution >= 0.6 is 11.8 Å². The molecular weight excluding hydrogens is 254 g/mol. The maximum Gasteiger partial charge on any atom is 0.347 e. The molecule has 0 saturated carbocycles. The fourth-order valence-electron chi connectivity index (χ4n) is 1.52. The second-order valence-corrected chi connectivity index (χ2v) is 4.20. The molecule has 0 atom stereocenters. The molecule has 0 fully saturated rings. The summed E-state index contributed by atoms with van der Waals surface area (Å²) in [4.78, 5) is 25.1. The maximum atomic E-state index is 11.7. The van der Waals surface area contributed by atoms with Crippen molar-refractivity contribution >= 4 is 23.7 Å². The smallest absolute Gasteiger partial charge is 0.347 e. The first kappa shape index (κ1) is 14.4. The number of allylic oxidation sites excluding steroid dienone is 3. The lowest BCUT2D eigenvalue weighted by atomic mass is 10.1. The molecule has 18 heavy (non-hydrogen) atoms. The number of ether oxygens (including phenoxy) is 2. The zero-order valence-corrected chi connectivity index (χ0v) is 11.5. The minimum absolute atomic E-state index is 0.113. The monoisotopic (exact) mass is 269 g/mol. The number of nitrogens with zero attached hydrogens (tertiary/aromatic N) is 1. The number of esters is 2. The van der Waals surface area contributed by atoms with Crippen LogP contribution in [-0.2, 0) is 19.1 Å². The van der Waals surface area contributed by atoms with Gasteiger partial charge in [0.15, 0.2) is 5.57 Å². The molecule has 0 aromatic rings. The predicted octanol–water partition coefficient (Wildman–Crippen LogP) is 1.29. The number of likely N-dealkylation sites (N-methyl/N-ethyl adjacent to an activating group) is 1. The second kappa shape index (κ2) is 6.30. The zero-order chi connectivity index (χ0) is 13.7. The van der Waals surface area contributed by atoms with Gasteiger partial charge >= 0.3 is 11.9 Å².